The Morgan fingerprint density at radius 1 is 0.944 bits per heavy atom. The summed E-state index contributed by atoms with van der Waals surface area (Å²) in [5, 5.41) is 17.2. The summed E-state index contributed by atoms with van der Waals surface area (Å²) in [6.45, 7) is 0. The molecule has 0 bridgehead atoms. The van der Waals surface area contributed by atoms with E-state index in [2.05, 4.69) is 25.9 Å². The van der Waals surface area contributed by atoms with Crippen molar-refractivity contribution in [2.75, 3.05) is 26.6 Å². The predicted octanol–water partition coefficient (Wildman–Crippen LogP) is 4.37. The van der Waals surface area contributed by atoms with Gasteiger partial charge in [-0.2, -0.15) is 0 Å². The smallest absolute Gasteiger partial charge is 0.235 e. The summed E-state index contributed by atoms with van der Waals surface area (Å²) in [4.78, 5) is 13.4. The number of halogens is 1. The van der Waals surface area contributed by atoms with Crippen LogP contribution in [-0.4, -0.2) is 47.9 Å². The first-order chi connectivity index (χ1) is 17.5. The predicted molar refractivity (Wildman–Crippen MR) is 131 cm³/mol. The molecule has 9 nitrogen and oxygen atoms in total. The van der Waals surface area contributed by atoms with Crippen LogP contribution in [0.25, 0.3) is 22.5 Å². The van der Waals surface area contributed by atoms with Gasteiger partial charge >= 0.3 is 0 Å². The van der Waals surface area contributed by atoms with Gasteiger partial charge in [0, 0.05) is 17.3 Å². The fourth-order valence-electron chi connectivity index (χ4n) is 4.33. The average molecular weight is 490 g/mol. The SMILES string of the molecule is COc1cc(F)cc(C2(C(=O)Nc3ccc(-c4ccc(OC)c(OC)c4)c(-c4nnn[nH]4)c3)CC2)c1. The largest absolute Gasteiger partial charge is 0.497 e. The first-order valence-corrected chi connectivity index (χ1v) is 11.2. The summed E-state index contributed by atoms with van der Waals surface area (Å²) < 4.78 is 30.1. The van der Waals surface area contributed by atoms with Crippen LogP contribution < -0.4 is 19.5 Å². The summed E-state index contributed by atoms with van der Waals surface area (Å²) in [7, 11) is 4.62. The van der Waals surface area contributed by atoms with E-state index in [-0.39, 0.29) is 5.91 Å². The second-order valence-electron chi connectivity index (χ2n) is 8.50. The lowest BCUT2D eigenvalue weighted by Crippen LogP contribution is -2.28. The standard InChI is InChI=1S/C26H24FN5O4/c1-34-19-12-16(11-17(27)13-19)26(8-9-26)25(33)28-18-5-6-20(21(14-18)24-29-31-32-30-24)15-4-7-22(35-2)23(10-15)36-3/h4-7,10-14H,8-9H2,1-3H3,(H,28,33)(H,29,30,31,32). The maximum atomic E-state index is 14.1. The van der Waals surface area contributed by atoms with Crippen molar-refractivity contribution in [3.8, 4) is 39.8 Å². The fraction of sp³-hybridized carbons (Fsp3) is 0.231. The molecule has 1 aliphatic rings. The number of nitrogens with one attached hydrogen (secondary N) is 2. The maximum absolute atomic E-state index is 14.1. The number of H-pyrrole nitrogens is 1. The molecule has 0 atom stereocenters. The van der Waals surface area contributed by atoms with Crippen molar-refractivity contribution >= 4 is 11.6 Å². The zero-order valence-corrected chi connectivity index (χ0v) is 20.0. The van der Waals surface area contributed by atoms with E-state index in [1.807, 2.05) is 24.3 Å². The number of aromatic nitrogens is 4. The highest BCUT2D eigenvalue weighted by molar-refractivity contribution is 6.02. The van der Waals surface area contributed by atoms with Gasteiger partial charge in [-0.15, -0.1) is 5.10 Å². The van der Waals surface area contributed by atoms with Gasteiger partial charge in [-0.3, -0.25) is 4.79 Å². The van der Waals surface area contributed by atoms with Crippen molar-refractivity contribution in [3.05, 3.63) is 66.0 Å². The normalized spacial score (nSPS) is 13.7. The summed E-state index contributed by atoms with van der Waals surface area (Å²) in [6.07, 6.45) is 1.24. The zero-order chi connectivity index (χ0) is 25.3. The lowest BCUT2D eigenvalue weighted by atomic mass is 9.94. The molecule has 0 saturated heterocycles. The van der Waals surface area contributed by atoms with Gasteiger partial charge in [-0.25, -0.2) is 9.49 Å². The van der Waals surface area contributed by atoms with Gasteiger partial charge in [0.2, 0.25) is 5.91 Å². The molecule has 184 valence electrons. The number of hydrogen-bond acceptors (Lipinski definition) is 7. The molecular formula is C26H24FN5O4. The third-order valence-corrected chi connectivity index (χ3v) is 6.42. The zero-order valence-electron chi connectivity index (χ0n) is 20.0. The minimum Gasteiger partial charge on any atom is -0.497 e. The first kappa shape index (κ1) is 23.3. The second kappa shape index (κ2) is 9.29. The van der Waals surface area contributed by atoms with Crippen LogP contribution in [-0.2, 0) is 10.2 Å². The van der Waals surface area contributed by atoms with Crippen molar-refractivity contribution in [3.63, 3.8) is 0 Å². The van der Waals surface area contributed by atoms with Gasteiger partial charge in [0.05, 0.1) is 26.7 Å². The number of anilines is 1. The van der Waals surface area contributed by atoms with Crippen LogP contribution in [0.1, 0.15) is 18.4 Å². The molecule has 1 aromatic heterocycles. The quantitative estimate of drug-likeness (QED) is 0.378. The molecule has 2 N–H and O–H groups in total. The van der Waals surface area contributed by atoms with Gasteiger partial charge in [0.25, 0.3) is 0 Å². The number of carbonyl (C=O) groups is 1. The molecule has 1 fully saturated rings. The molecule has 1 heterocycles. The molecule has 0 radical (unpaired) electrons. The van der Waals surface area contributed by atoms with Crippen molar-refractivity contribution < 1.29 is 23.4 Å². The first-order valence-electron chi connectivity index (χ1n) is 11.2. The average Bonchev–Trinajstić information content (AvgIpc) is 3.54. The highest BCUT2D eigenvalue weighted by Crippen LogP contribution is 2.50. The van der Waals surface area contributed by atoms with Crippen LogP contribution in [0.5, 0.6) is 17.2 Å². The van der Waals surface area contributed by atoms with E-state index in [1.54, 1.807) is 32.4 Å². The van der Waals surface area contributed by atoms with Crippen LogP contribution in [0.15, 0.2) is 54.6 Å². The molecule has 0 unspecified atom stereocenters. The maximum Gasteiger partial charge on any atom is 0.235 e. The topological polar surface area (TPSA) is 111 Å². The van der Waals surface area contributed by atoms with Crippen LogP contribution in [0, 0.1) is 5.82 Å². The number of hydrogen-bond donors (Lipinski definition) is 2. The summed E-state index contributed by atoms with van der Waals surface area (Å²) in [5.74, 6) is 1.35. The third-order valence-electron chi connectivity index (χ3n) is 6.42. The molecule has 1 saturated carbocycles. The highest BCUT2D eigenvalue weighted by atomic mass is 19.1. The van der Waals surface area contributed by atoms with Gasteiger partial charge < -0.3 is 19.5 Å². The van der Waals surface area contributed by atoms with Crippen molar-refractivity contribution in [1.29, 1.82) is 0 Å². The van der Waals surface area contributed by atoms with Crippen LogP contribution in [0.3, 0.4) is 0 Å². The van der Waals surface area contributed by atoms with E-state index in [9.17, 15) is 9.18 Å². The molecule has 5 rings (SSSR count). The van der Waals surface area contributed by atoms with E-state index < -0.39 is 11.2 Å². The van der Waals surface area contributed by atoms with Crippen molar-refractivity contribution in [1.82, 2.24) is 20.6 Å². The fourth-order valence-corrected chi connectivity index (χ4v) is 4.33. The van der Waals surface area contributed by atoms with Gasteiger partial charge in [-0.1, -0.05) is 12.1 Å². The Kier molecular flexibility index (Phi) is 6.01. The molecule has 3 aromatic carbocycles. The third kappa shape index (κ3) is 4.21. The molecule has 0 aliphatic heterocycles. The number of ether oxygens (including phenoxy) is 3. The Bertz CT molecular complexity index is 1420. The Morgan fingerprint density at radius 3 is 2.42 bits per heavy atom. The van der Waals surface area contributed by atoms with E-state index >= 15 is 0 Å². The van der Waals surface area contributed by atoms with E-state index in [0.717, 1.165) is 11.1 Å². The Morgan fingerprint density at radius 2 is 1.75 bits per heavy atom. The number of amides is 1. The molecule has 4 aromatic rings. The van der Waals surface area contributed by atoms with E-state index in [1.165, 1.54) is 19.2 Å². The van der Waals surface area contributed by atoms with Gasteiger partial charge in [0.15, 0.2) is 17.3 Å². The number of benzene rings is 3. The second-order valence-corrected chi connectivity index (χ2v) is 8.50. The van der Waals surface area contributed by atoms with E-state index in [0.29, 0.717) is 52.7 Å². The Balaban J connectivity index is 1.49. The van der Waals surface area contributed by atoms with Gasteiger partial charge in [-0.05, 0) is 76.4 Å². The van der Waals surface area contributed by atoms with Crippen molar-refractivity contribution in [2.24, 2.45) is 0 Å². The minimum absolute atomic E-state index is 0.212. The number of carbonyl (C=O) groups excluding carboxylic acids is 1. The molecule has 10 heteroatoms. The number of tetrazole rings is 1. The number of rotatable bonds is 8. The number of aromatic amines is 1. The van der Waals surface area contributed by atoms with Crippen LogP contribution in [0.2, 0.25) is 0 Å². The number of methoxy groups -OCH3 is 3. The Labute approximate surface area is 206 Å². The molecule has 36 heavy (non-hydrogen) atoms. The van der Waals surface area contributed by atoms with E-state index in [4.69, 9.17) is 14.2 Å². The molecule has 0 spiro atoms. The number of nitrogens with zero attached hydrogens (tertiary/aromatic N) is 3. The summed E-state index contributed by atoms with van der Waals surface area (Å²) in [5.41, 5.74) is 2.71. The van der Waals surface area contributed by atoms with Crippen LogP contribution >= 0.6 is 0 Å². The lowest BCUT2D eigenvalue weighted by molar-refractivity contribution is -0.118. The highest BCUT2D eigenvalue weighted by Gasteiger charge is 2.51. The lowest BCUT2D eigenvalue weighted by Gasteiger charge is -2.18. The monoisotopic (exact) mass is 489 g/mol. The molecule has 1 amide bonds. The minimum atomic E-state index is -0.800. The molecular weight excluding hydrogens is 465 g/mol. The van der Waals surface area contributed by atoms with Crippen molar-refractivity contribution in [2.45, 2.75) is 18.3 Å². The van der Waals surface area contributed by atoms with Crippen LogP contribution in [0.4, 0.5) is 10.1 Å². The summed E-state index contributed by atoms with van der Waals surface area (Å²) >= 11 is 0. The van der Waals surface area contributed by atoms with Gasteiger partial charge in [0.1, 0.15) is 11.6 Å². The Hall–Kier alpha value is -4.47. The molecule has 1 aliphatic carbocycles. The summed E-state index contributed by atoms with van der Waals surface area (Å²) in [6, 6.07) is 15.4.